The summed E-state index contributed by atoms with van der Waals surface area (Å²) in [5, 5.41) is 6.88. The Labute approximate surface area is 163 Å². The second-order valence-corrected chi connectivity index (χ2v) is 7.67. The molecule has 2 aromatic rings. The molecule has 140 valence electrons. The van der Waals surface area contributed by atoms with Crippen molar-refractivity contribution in [1.29, 1.82) is 0 Å². The fourth-order valence-corrected chi connectivity index (χ4v) is 3.19. The fourth-order valence-electron chi connectivity index (χ4n) is 2.49. The van der Waals surface area contributed by atoms with E-state index >= 15 is 0 Å². The van der Waals surface area contributed by atoms with Crippen LogP contribution < -0.4 is 15.5 Å². The second kappa shape index (κ2) is 10.4. The number of alkyl halides is 2. The maximum absolute atomic E-state index is 12.3. The predicted octanol–water partition coefficient (Wildman–Crippen LogP) is 3.04. The molecular weight excluding hydrogens is 372 g/mol. The summed E-state index contributed by atoms with van der Waals surface area (Å²) < 4.78 is 24.7. The summed E-state index contributed by atoms with van der Waals surface area (Å²) in [4.78, 5) is 1.88. The van der Waals surface area contributed by atoms with Gasteiger partial charge in [0.25, 0.3) is 5.76 Å². The van der Waals surface area contributed by atoms with Gasteiger partial charge in [-0.1, -0.05) is 42.1 Å². The molecule has 0 heterocycles. The molecule has 0 aliphatic heterocycles. The van der Waals surface area contributed by atoms with Crippen LogP contribution in [0, 0.1) is 0 Å². The molecule has 3 N–H and O–H groups in total. The first-order valence-electron chi connectivity index (χ1n) is 8.37. The van der Waals surface area contributed by atoms with Gasteiger partial charge in [-0.05, 0) is 42.0 Å². The molecule has 0 saturated carbocycles. The van der Waals surface area contributed by atoms with Crippen LogP contribution in [0.25, 0.3) is 0 Å². The minimum atomic E-state index is -2.41. The summed E-state index contributed by atoms with van der Waals surface area (Å²) in [6.45, 7) is 0.738. The van der Waals surface area contributed by atoms with Gasteiger partial charge in [0.1, 0.15) is 6.04 Å². The second-order valence-electron chi connectivity index (χ2n) is 6.20. The number of rotatable bonds is 8. The summed E-state index contributed by atoms with van der Waals surface area (Å²) in [6, 6.07) is 17.6. The van der Waals surface area contributed by atoms with Crippen molar-refractivity contribution in [2.75, 3.05) is 26.0 Å². The zero-order chi connectivity index (χ0) is 18.9. The van der Waals surface area contributed by atoms with Gasteiger partial charge in [-0.25, -0.2) is 0 Å². The van der Waals surface area contributed by atoms with Gasteiger partial charge in [0, 0.05) is 17.0 Å². The zero-order valence-electron chi connectivity index (χ0n) is 14.8. The SMILES string of the molecule is C[NH+](C)[C@H](CNC(=S)Nc1ccc(SC(F)F)cc1)Cc1ccccc1. The van der Waals surface area contributed by atoms with Gasteiger partial charge in [0.05, 0.1) is 20.6 Å². The highest BCUT2D eigenvalue weighted by Gasteiger charge is 2.16. The Morgan fingerprint density at radius 3 is 2.31 bits per heavy atom. The highest BCUT2D eigenvalue weighted by Crippen LogP contribution is 2.26. The Kier molecular flexibility index (Phi) is 8.28. The largest absolute Gasteiger partial charge is 0.356 e. The minimum absolute atomic E-state index is 0.377. The van der Waals surface area contributed by atoms with E-state index in [9.17, 15) is 8.78 Å². The number of benzene rings is 2. The molecular formula is C19H24F2N3S2+. The highest BCUT2D eigenvalue weighted by molar-refractivity contribution is 7.99. The van der Waals surface area contributed by atoms with Gasteiger partial charge in [-0.3, -0.25) is 0 Å². The Bertz CT molecular complexity index is 679. The number of nitrogens with one attached hydrogen (secondary N) is 3. The monoisotopic (exact) mass is 396 g/mol. The van der Waals surface area contributed by atoms with Crippen LogP contribution in [-0.4, -0.2) is 37.6 Å². The van der Waals surface area contributed by atoms with E-state index in [0.29, 0.717) is 27.8 Å². The summed E-state index contributed by atoms with van der Waals surface area (Å²) in [6.07, 6.45) is 0.957. The molecule has 0 amide bonds. The molecule has 7 heteroatoms. The fraction of sp³-hybridized carbons (Fsp3) is 0.316. The number of halogens is 2. The van der Waals surface area contributed by atoms with E-state index in [2.05, 4.69) is 36.9 Å². The molecule has 0 radical (unpaired) electrons. The van der Waals surface area contributed by atoms with Crippen molar-refractivity contribution in [3.63, 3.8) is 0 Å². The Morgan fingerprint density at radius 2 is 1.73 bits per heavy atom. The van der Waals surface area contributed by atoms with Gasteiger partial charge in [0.2, 0.25) is 0 Å². The molecule has 0 unspecified atom stereocenters. The average molecular weight is 397 g/mol. The van der Waals surface area contributed by atoms with Crippen molar-refractivity contribution in [3.8, 4) is 0 Å². The van der Waals surface area contributed by atoms with Crippen molar-refractivity contribution in [2.24, 2.45) is 0 Å². The molecule has 0 aliphatic rings. The van der Waals surface area contributed by atoms with E-state index in [0.717, 1.165) is 18.7 Å². The Balaban J connectivity index is 1.84. The van der Waals surface area contributed by atoms with Crippen molar-refractivity contribution in [2.45, 2.75) is 23.1 Å². The number of hydrogen-bond acceptors (Lipinski definition) is 2. The third kappa shape index (κ3) is 7.27. The van der Waals surface area contributed by atoms with Gasteiger partial charge in [0.15, 0.2) is 5.11 Å². The van der Waals surface area contributed by atoms with Crippen LogP contribution in [0.15, 0.2) is 59.5 Å². The molecule has 0 aliphatic carbocycles. The van der Waals surface area contributed by atoms with Crippen molar-refractivity contribution in [1.82, 2.24) is 5.32 Å². The zero-order valence-corrected chi connectivity index (χ0v) is 16.5. The number of thiocarbonyl (C=S) groups is 1. The lowest BCUT2D eigenvalue weighted by atomic mass is 10.1. The number of likely N-dealkylation sites (N-methyl/N-ethyl adjacent to an activating group) is 1. The number of anilines is 1. The molecule has 2 rings (SSSR count). The summed E-state index contributed by atoms with van der Waals surface area (Å²) in [5.41, 5.74) is 2.07. The van der Waals surface area contributed by atoms with Crippen LogP contribution in [0.4, 0.5) is 14.5 Å². The quantitative estimate of drug-likeness (QED) is 0.473. The van der Waals surface area contributed by atoms with E-state index in [1.165, 1.54) is 10.5 Å². The van der Waals surface area contributed by atoms with Crippen LogP contribution >= 0.6 is 24.0 Å². The summed E-state index contributed by atoms with van der Waals surface area (Å²) in [5.74, 6) is -2.41. The summed E-state index contributed by atoms with van der Waals surface area (Å²) in [7, 11) is 4.26. The smallest absolute Gasteiger partial charge is 0.288 e. The average Bonchev–Trinajstić information content (AvgIpc) is 2.60. The third-order valence-electron chi connectivity index (χ3n) is 3.99. The first kappa shape index (κ1) is 20.6. The van der Waals surface area contributed by atoms with Crippen molar-refractivity contribution < 1.29 is 13.7 Å². The van der Waals surface area contributed by atoms with E-state index in [1.807, 2.05) is 18.2 Å². The van der Waals surface area contributed by atoms with Crippen LogP contribution in [0.2, 0.25) is 0 Å². The number of quaternary nitrogens is 1. The van der Waals surface area contributed by atoms with Crippen LogP contribution in [0.5, 0.6) is 0 Å². The summed E-state index contributed by atoms with van der Waals surface area (Å²) >= 11 is 5.88. The lowest BCUT2D eigenvalue weighted by molar-refractivity contribution is -0.884. The van der Waals surface area contributed by atoms with E-state index in [-0.39, 0.29) is 0 Å². The standard InChI is InChI=1S/C19H23F2N3S2/c1-24(2)16(12-14-6-4-3-5-7-14)13-22-19(25)23-15-8-10-17(11-9-15)26-18(20)21/h3-11,16,18H,12-13H2,1-2H3,(H2,22,23,25)/p+1/t16-/m0/s1. The predicted molar refractivity (Wildman–Crippen MR) is 109 cm³/mol. The lowest BCUT2D eigenvalue weighted by Crippen LogP contribution is -3.11. The molecule has 0 spiro atoms. The normalized spacial score (nSPS) is 12.2. The molecule has 0 fully saturated rings. The van der Waals surface area contributed by atoms with E-state index < -0.39 is 5.76 Å². The highest BCUT2D eigenvalue weighted by atomic mass is 32.2. The third-order valence-corrected chi connectivity index (χ3v) is 4.96. The Morgan fingerprint density at radius 1 is 1.08 bits per heavy atom. The van der Waals surface area contributed by atoms with Crippen molar-refractivity contribution in [3.05, 3.63) is 60.2 Å². The number of thioether (sulfide) groups is 1. The van der Waals surface area contributed by atoms with Gasteiger partial charge in [-0.2, -0.15) is 8.78 Å². The molecule has 2 aromatic carbocycles. The van der Waals surface area contributed by atoms with E-state index in [1.54, 1.807) is 24.3 Å². The Hall–Kier alpha value is -1.70. The molecule has 3 nitrogen and oxygen atoms in total. The van der Waals surface area contributed by atoms with Crippen LogP contribution in [0.1, 0.15) is 5.56 Å². The molecule has 0 aromatic heterocycles. The minimum Gasteiger partial charge on any atom is -0.356 e. The molecule has 26 heavy (non-hydrogen) atoms. The first-order chi connectivity index (χ1) is 12.4. The maximum atomic E-state index is 12.3. The molecule has 0 saturated heterocycles. The topological polar surface area (TPSA) is 28.5 Å². The molecule has 1 atom stereocenters. The van der Waals surface area contributed by atoms with Crippen LogP contribution in [-0.2, 0) is 6.42 Å². The first-order valence-corrected chi connectivity index (χ1v) is 9.66. The van der Waals surface area contributed by atoms with Gasteiger partial charge in [-0.15, -0.1) is 0 Å². The van der Waals surface area contributed by atoms with E-state index in [4.69, 9.17) is 12.2 Å². The van der Waals surface area contributed by atoms with Gasteiger partial charge < -0.3 is 15.5 Å². The lowest BCUT2D eigenvalue weighted by Gasteiger charge is -2.23. The van der Waals surface area contributed by atoms with Gasteiger partial charge >= 0.3 is 0 Å². The maximum Gasteiger partial charge on any atom is 0.288 e. The van der Waals surface area contributed by atoms with Crippen LogP contribution in [0.3, 0.4) is 0 Å². The molecule has 0 bridgehead atoms. The van der Waals surface area contributed by atoms with Crippen molar-refractivity contribution >= 4 is 34.8 Å². The number of hydrogen-bond donors (Lipinski definition) is 3.